The van der Waals surface area contributed by atoms with Crippen molar-refractivity contribution >= 4 is 5.91 Å². The molecule has 0 atom stereocenters. The van der Waals surface area contributed by atoms with E-state index in [0.717, 1.165) is 36.1 Å². The summed E-state index contributed by atoms with van der Waals surface area (Å²) in [7, 11) is 0. The van der Waals surface area contributed by atoms with Gasteiger partial charge in [0.2, 0.25) is 5.91 Å². The van der Waals surface area contributed by atoms with E-state index in [0.29, 0.717) is 0 Å². The standard InChI is InChI=1S/C15H26N2O/c1-15(2,14(16)18)17-8-13-11-4-9-3-10(6-11)7-12(13)5-9/h9-13,17H,3-8H2,1-2H3,(H2,16,18). The zero-order chi connectivity index (χ0) is 12.9. The predicted molar refractivity (Wildman–Crippen MR) is 71.8 cm³/mol. The molecule has 1 amide bonds. The highest BCUT2D eigenvalue weighted by molar-refractivity contribution is 5.83. The largest absolute Gasteiger partial charge is 0.368 e. The first kappa shape index (κ1) is 12.5. The van der Waals surface area contributed by atoms with Gasteiger partial charge in [0.05, 0.1) is 5.54 Å². The molecular weight excluding hydrogens is 224 g/mol. The van der Waals surface area contributed by atoms with Crippen LogP contribution in [0.5, 0.6) is 0 Å². The fourth-order valence-corrected chi connectivity index (χ4v) is 4.83. The third kappa shape index (κ3) is 2.07. The van der Waals surface area contributed by atoms with E-state index >= 15 is 0 Å². The third-order valence-corrected chi connectivity index (χ3v) is 5.82. The molecule has 0 aromatic carbocycles. The summed E-state index contributed by atoms with van der Waals surface area (Å²) in [4.78, 5) is 11.4. The van der Waals surface area contributed by atoms with Gasteiger partial charge in [-0.25, -0.2) is 0 Å². The Morgan fingerprint density at radius 3 is 2.06 bits per heavy atom. The van der Waals surface area contributed by atoms with Gasteiger partial charge in [0, 0.05) is 0 Å². The van der Waals surface area contributed by atoms with Crippen LogP contribution in [0.1, 0.15) is 46.0 Å². The number of hydrogen-bond donors (Lipinski definition) is 2. The second kappa shape index (κ2) is 4.22. The molecule has 0 radical (unpaired) electrons. The molecule has 0 heterocycles. The number of nitrogens with one attached hydrogen (secondary N) is 1. The van der Waals surface area contributed by atoms with Gasteiger partial charge in [-0.2, -0.15) is 0 Å². The van der Waals surface area contributed by atoms with Crippen molar-refractivity contribution in [1.29, 1.82) is 0 Å². The molecule has 4 saturated carbocycles. The van der Waals surface area contributed by atoms with Crippen molar-refractivity contribution in [2.24, 2.45) is 35.3 Å². The van der Waals surface area contributed by atoms with Crippen LogP contribution >= 0.6 is 0 Å². The second-order valence-corrected chi connectivity index (χ2v) is 7.46. The molecule has 4 aliphatic carbocycles. The summed E-state index contributed by atoms with van der Waals surface area (Å²) in [6.07, 6.45) is 7.26. The Balaban J connectivity index is 1.62. The number of amides is 1. The molecule has 0 saturated heterocycles. The molecule has 4 aliphatic rings. The normalized spacial score (nSPS) is 42.2. The molecule has 4 rings (SSSR count). The molecule has 0 aliphatic heterocycles. The fourth-order valence-electron chi connectivity index (χ4n) is 4.83. The molecule has 18 heavy (non-hydrogen) atoms. The van der Waals surface area contributed by atoms with Crippen molar-refractivity contribution in [3.05, 3.63) is 0 Å². The molecule has 4 bridgehead atoms. The topological polar surface area (TPSA) is 55.1 Å². The smallest absolute Gasteiger partial charge is 0.237 e. The zero-order valence-electron chi connectivity index (χ0n) is 11.6. The van der Waals surface area contributed by atoms with Crippen molar-refractivity contribution in [3.8, 4) is 0 Å². The van der Waals surface area contributed by atoms with Crippen molar-refractivity contribution in [2.75, 3.05) is 6.54 Å². The molecule has 102 valence electrons. The average molecular weight is 250 g/mol. The van der Waals surface area contributed by atoms with Gasteiger partial charge < -0.3 is 11.1 Å². The van der Waals surface area contributed by atoms with Gasteiger partial charge in [-0.15, -0.1) is 0 Å². The minimum absolute atomic E-state index is 0.244. The van der Waals surface area contributed by atoms with Crippen LogP contribution in [-0.2, 0) is 4.79 Å². The predicted octanol–water partition coefficient (Wildman–Crippen LogP) is 1.91. The summed E-state index contributed by atoms with van der Waals surface area (Å²) in [6.45, 7) is 4.77. The van der Waals surface area contributed by atoms with Gasteiger partial charge in [-0.05, 0) is 82.1 Å². The summed E-state index contributed by atoms with van der Waals surface area (Å²) < 4.78 is 0. The van der Waals surface area contributed by atoms with E-state index in [1.807, 2.05) is 13.8 Å². The van der Waals surface area contributed by atoms with E-state index in [1.165, 1.54) is 32.1 Å². The van der Waals surface area contributed by atoms with E-state index in [-0.39, 0.29) is 5.91 Å². The van der Waals surface area contributed by atoms with Crippen LogP contribution in [0.2, 0.25) is 0 Å². The Hall–Kier alpha value is -0.570. The van der Waals surface area contributed by atoms with E-state index in [4.69, 9.17) is 5.73 Å². The lowest BCUT2D eigenvalue weighted by Gasteiger charge is -2.55. The van der Waals surface area contributed by atoms with Gasteiger partial charge in [0.25, 0.3) is 0 Å². The van der Waals surface area contributed by atoms with Gasteiger partial charge in [-0.3, -0.25) is 4.79 Å². The quantitative estimate of drug-likeness (QED) is 0.801. The molecule has 3 N–H and O–H groups in total. The number of rotatable bonds is 4. The highest BCUT2D eigenvalue weighted by Crippen LogP contribution is 2.56. The number of primary amides is 1. The minimum Gasteiger partial charge on any atom is -0.368 e. The Morgan fingerprint density at radius 2 is 1.61 bits per heavy atom. The molecule has 3 nitrogen and oxygen atoms in total. The lowest BCUT2D eigenvalue weighted by Crippen LogP contribution is -2.55. The van der Waals surface area contributed by atoms with Crippen molar-refractivity contribution in [3.63, 3.8) is 0 Å². The molecule has 0 aromatic rings. The van der Waals surface area contributed by atoms with Crippen LogP contribution in [0.4, 0.5) is 0 Å². The van der Waals surface area contributed by atoms with Crippen LogP contribution in [0.3, 0.4) is 0 Å². The summed E-state index contributed by atoms with van der Waals surface area (Å²) >= 11 is 0. The van der Waals surface area contributed by atoms with Gasteiger partial charge >= 0.3 is 0 Å². The van der Waals surface area contributed by atoms with Crippen molar-refractivity contribution in [1.82, 2.24) is 5.32 Å². The highest BCUT2D eigenvalue weighted by Gasteiger charge is 2.48. The van der Waals surface area contributed by atoms with Crippen LogP contribution in [-0.4, -0.2) is 18.0 Å². The third-order valence-electron chi connectivity index (χ3n) is 5.82. The van der Waals surface area contributed by atoms with E-state index < -0.39 is 5.54 Å². The first-order chi connectivity index (χ1) is 8.45. The maximum atomic E-state index is 11.4. The zero-order valence-corrected chi connectivity index (χ0v) is 11.6. The van der Waals surface area contributed by atoms with E-state index in [1.54, 1.807) is 0 Å². The lowest BCUT2D eigenvalue weighted by atomic mass is 9.52. The SMILES string of the molecule is CC(C)(NCC1C2CC3CC(C2)CC1C3)C(N)=O. The molecule has 0 spiro atoms. The van der Waals surface area contributed by atoms with Crippen molar-refractivity contribution in [2.45, 2.75) is 51.5 Å². The van der Waals surface area contributed by atoms with Gasteiger partial charge in [0.1, 0.15) is 0 Å². The molecule has 3 heteroatoms. The molecule has 4 fully saturated rings. The maximum absolute atomic E-state index is 11.4. The molecule has 0 unspecified atom stereocenters. The summed E-state index contributed by atoms with van der Waals surface area (Å²) in [5, 5.41) is 3.41. The maximum Gasteiger partial charge on any atom is 0.237 e. The second-order valence-electron chi connectivity index (χ2n) is 7.46. The first-order valence-corrected chi connectivity index (χ1v) is 7.50. The fraction of sp³-hybridized carbons (Fsp3) is 0.933. The Kier molecular flexibility index (Phi) is 2.92. The first-order valence-electron chi connectivity index (χ1n) is 7.50. The highest BCUT2D eigenvalue weighted by atomic mass is 16.1. The van der Waals surface area contributed by atoms with Crippen LogP contribution in [0.25, 0.3) is 0 Å². The Morgan fingerprint density at radius 1 is 1.11 bits per heavy atom. The van der Waals surface area contributed by atoms with Crippen LogP contribution in [0, 0.1) is 29.6 Å². The minimum atomic E-state index is -0.561. The monoisotopic (exact) mass is 250 g/mol. The number of hydrogen-bond acceptors (Lipinski definition) is 2. The van der Waals surface area contributed by atoms with E-state index in [2.05, 4.69) is 5.32 Å². The number of carbonyl (C=O) groups is 1. The van der Waals surface area contributed by atoms with Crippen LogP contribution in [0.15, 0.2) is 0 Å². The molecular formula is C15H26N2O. The number of nitrogens with two attached hydrogens (primary N) is 1. The van der Waals surface area contributed by atoms with E-state index in [9.17, 15) is 4.79 Å². The van der Waals surface area contributed by atoms with Crippen molar-refractivity contribution < 1.29 is 4.79 Å². The lowest BCUT2D eigenvalue weighted by molar-refractivity contribution is -0.123. The Bertz CT molecular complexity index is 322. The van der Waals surface area contributed by atoms with Crippen LogP contribution < -0.4 is 11.1 Å². The summed E-state index contributed by atoms with van der Waals surface area (Å²) in [5.41, 5.74) is 4.87. The van der Waals surface area contributed by atoms with Gasteiger partial charge in [-0.1, -0.05) is 0 Å². The number of carbonyl (C=O) groups excluding carboxylic acids is 1. The molecule has 0 aromatic heterocycles. The summed E-state index contributed by atoms with van der Waals surface area (Å²) in [5.74, 6) is 4.42. The average Bonchev–Trinajstić information content (AvgIpc) is 2.26. The van der Waals surface area contributed by atoms with Gasteiger partial charge in [0.15, 0.2) is 0 Å². The summed E-state index contributed by atoms with van der Waals surface area (Å²) in [6, 6.07) is 0. The Labute approximate surface area is 110 Å².